The molecule has 13 heavy (non-hydrogen) atoms. The van der Waals surface area contributed by atoms with Crippen molar-refractivity contribution in [3.63, 3.8) is 0 Å². The Hall–Kier alpha value is -0.845. The summed E-state index contributed by atoms with van der Waals surface area (Å²) >= 11 is 4.74. The minimum atomic E-state index is -0.910. The molecule has 0 fully saturated rings. The van der Waals surface area contributed by atoms with Crippen LogP contribution in [0.3, 0.4) is 0 Å². The number of aliphatic carboxylic acids is 1. The second-order valence-corrected chi connectivity index (χ2v) is 2.69. The molecule has 0 saturated carbocycles. The molecular weight excluding hydrogens is 217 g/mol. The van der Waals surface area contributed by atoms with Crippen molar-refractivity contribution in [2.75, 3.05) is 0 Å². The maximum Gasteiger partial charge on any atom is 0.361 e. The zero-order chi connectivity index (χ0) is 10.1. The molecule has 1 aliphatic rings. The lowest BCUT2D eigenvalue weighted by Crippen LogP contribution is -2.35. The monoisotopic (exact) mass is 223 g/mol. The van der Waals surface area contributed by atoms with E-state index >= 15 is 0 Å². The first kappa shape index (κ1) is 12.2. The average Bonchev–Trinajstić information content (AvgIpc) is 2.56. The van der Waals surface area contributed by atoms with Crippen molar-refractivity contribution in [1.29, 1.82) is 0 Å². The van der Waals surface area contributed by atoms with Gasteiger partial charge in [0.25, 0.3) is 0 Å². The molecule has 0 aromatic heterocycles. The van der Waals surface area contributed by atoms with Gasteiger partial charge in [0, 0.05) is 0 Å². The average molecular weight is 223 g/mol. The third-order valence-corrected chi connectivity index (χ3v) is 1.13. The summed E-state index contributed by atoms with van der Waals surface area (Å²) in [6, 6.07) is 0. The third kappa shape index (κ3) is 7.51. The summed E-state index contributed by atoms with van der Waals surface area (Å²) in [5.74, 6) is -0.533. The highest BCUT2D eigenvalue weighted by Gasteiger charge is 2.07. The van der Waals surface area contributed by atoms with Gasteiger partial charge in [-0.1, -0.05) is 0 Å². The fraction of sp³-hybridized carbons (Fsp3) is 0.333. The first-order chi connectivity index (χ1) is 6.20. The van der Waals surface area contributed by atoms with Crippen LogP contribution in [0.4, 0.5) is 0 Å². The normalized spacial score (nSPS) is 13.2. The van der Waals surface area contributed by atoms with Gasteiger partial charge in [-0.2, -0.15) is 11.5 Å². The van der Waals surface area contributed by atoms with Crippen LogP contribution in [0.1, 0.15) is 6.42 Å². The standard InChI is InChI=1S/C3H6N4O2.BClOP/c8-3(9)1-2-4-6-7-5-2;2-1-4-3/h6-7H,1H2,(H,4,5)(H,8,9);. The topological polar surface area (TPSA) is 103 Å². The highest BCUT2D eigenvalue weighted by molar-refractivity contribution is 7.70. The van der Waals surface area contributed by atoms with Gasteiger partial charge in [-0.25, -0.2) is 5.53 Å². The lowest BCUT2D eigenvalue weighted by Gasteiger charge is -1.92. The van der Waals surface area contributed by atoms with Gasteiger partial charge < -0.3 is 5.11 Å². The molecule has 0 unspecified atom stereocenters. The summed E-state index contributed by atoms with van der Waals surface area (Å²) < 4.78 is 9.08. The molecule has 1 rings (SSSR count). The second-order valence-electron chi connectivity index (χ2n) is 1.69. The second kappa shape index (κ2) is 7.79. The summed E-state index contributed by atoms with van der Waals surface area (Å²) in [5, 5.41) is 11.7. The van der Waals surface area contributed by atoms with Gasteiger partial charge in [0.1, 0.15) is 14.8 Å². The Bertz CT molecular complexity index is 215. The van der Waals surface area contributed by atoms with E-state index in [9.17, 15) is 4.79 Å². The van der Waals surface area contributed by atoms with E-state index in [1.165, 1.54) is 0 Å². The quantitative estimate of drug-likeness (QED) is 0.378. The number of nitrogens with zero attached hydrogens (tertiary/aromatic N) is 1. The van der Waals surface area contributed by atoms with Gasteiger partial charge in [0.05, 0.1) is 0 Å². The minimum Gasteiger partial charge on any atom is -0.481 e. The van der Waals surface area contributed by atoms with Gasteiger partial charge in [0.2, 0.25) is 0 Å². The fourth-order valence-electron chi connectivity index (χ4n) is 0.450. The Kier molecular flexibility index (Phi) is 7.28. The van der Waals surface area contributed by atoms with Crippen molar-refractivity contribution < 1.29 is 14.5 Å². The van der Waals surface area contributed by atoms with Crippen LogP contribution in [0.25, 0.3) is 0 Å². The van der Waals surface area contributed by atoms with E-state index in [0.29, 0.717) is 5.84 Å². The van der Waals surface area contributed by atoms with E-state index in [2.05, 4.69) is 21.6 Å². The van der Waals surface area contributed by atoms with Crippen molar-refractivity contribution in [1.82, 2.24) is 16.5 Å². The van der Waals surface area contributed by atoms with Crippen LogP contribution in [0, 0.1) is 0 Å². The summed E-state index contributed by atoms with van der Waals surface area (Å²) in [5.41, 5.74) is 7.25. The van der Waals surface area contributed by atoms with E-state index in [-0.39, 0.29) is 14.8 Å². The van der Waals surface area contributed by atoms with Gasteiger partial charge in [-0.15, -0.1) is 10.6 Å². The lowest BCUT2D eigenvalue weighted by atomic mass is 10.4. The largest absolute Gasteiger partial charge is 0.481 e. The Morgan fingerprint density at radius 2 is 2.38 bits per heavy atom. The summed E-state index contributed by atoms with van der Waals surface area (Å²) in [4.78, 5) is 9.98. The first-order valence-corrected chi connectivity index (χ1v) is 4.31. The molecule has 71 valence electrons. The maximum absolute atomic E-state index is 9.98. The number of halogens is 1. The van der Waals surface area contributed by atoms with Crippen LogP contribution >= 0.6 is 19.8 Å². The summed E-state index contributed by atoms with van der Waals surface area (Å²) in [6.07, 6.45) is 0.917. The van der Waals surface area contributed by atoms with E-state index < -0.39 is 5.97 Å². The number of nitrogens with one attached hydrogen (secondary N) is 3. The molecule has 0 spiro atoms. The molecule has 0 aromatic carbocycles. The molecule has 4 N–H and O–H groups in total. The van der Waals surface area contributed by atoms with Crippen LogP contribution in [0.2, 0.25) is 0 Å². The molecular formula is C3H6BClN4O3P. The molecule has 0 bridgehead atoms. The Balaban J connectivity index is 0.000000310. The minimum absolute atomic E-state index is 0.0972. The number of carboxylic acids is 1. The van der Waals surface area contributed by atoms with Crippen LogP contribution in [-0.4, -0.2) is 23.3 Å². The smallest absolute Gasteiger partial charge is 0.361 e. The third-order valence-electron chi connectivity index (χ3n) is 0.812. The number of rotatable bonds is 3. The molecule has 0 saturated heterocycles. The number of carboxylic acid groups (broad SMARTS) is 1. The van der Waals surface area contributed by atoms with Gasteiger partial charge >= 0.3 is 12.4 Å². The summed E-state index contributed by atoms with van der Waals surface area (Å²) in [7, 11) is -0.111. The molecule has 10 heteroatoms. The number of hydrogen-bond acceptors (Lipinski definition) is 6. The highest BCUT2D eigenvalue weighted by Crippen LogP contribution is 1.85. The molecule has 0 amide bonds. The van der Waals surface area contributed by atoms with E-state index in [0.717, 1.165) is 6.41 Å². The van der Waals surface area contributed by atoms with Gasteiger partial charge in [-0.05, 0) is 0 Å². The Morgan fingerprint density at radius 1 is 1.77 bits per heavy atom. The van der Waals surface area contributed by atoms with Crippen LogP contribution < -0.4 is 16.5 Å². The molecule has 0 atom stereocenters. The van der Waals surface area contributed by atoms with Crippen molar-refractivity contribution in [2.45, 2.75) is 6.42 Å². The van der Waals surface area contributed by atoms with Crippen LogP contribution in [-0.2, 0) is 9.36 Å². The number of amidine groups is 1. The fourth-order valence-corrected chi connectivity index (χ4v) is 0.450. The summed E-state index contributed by atoms with van der Waals surface area (Å²) in [6.45, 7) is 0. The van der Waals surface area contributed by atoms with Gasteiger partial charge in [-0.3, -0.25) is 14.8 Å². The number of hydrogen-bond donors (Lipinski definition) is 4. The van der Waals surface area contributed by atoms with Crippen molar-refractivity contribution in [3.05, 3.63) is 0 Å². The number of carbonyl (C=O) groups is 1. The Morgan fingerprint density at radius 3 is 2.69 bits per heavy atom. The number of hydrazine groups is 2. The van der Waals surface area contributed by atoms with E-state index in [4.69, 9.17) is 21.1 Å². The highest BCUT2D eigenvalue weighted by atomic mass is 35.5. The molecule has 1 aliphatic heterocycles. The SMILES string of the molecule is O=C(O)CC1=NNNN1.O=P[B]Cl. The van der Waals surface area contributed by atoms with Crippen LogP contribution in [0.5, 0.6) is 0 Å². The maximum atomic E-state index is 9.98. The zero-order valence-corrected chi connectivity index (χ0v) is 7.97. The van der Waals surface area contributed by atoms with Gasteiger partial charge in [0.15, 0.2) is 5.84 Å². The molecule has 1 heterocycles. The molecule has 1 radical (unpaired) electrons. The van der Waals surface area contributed by atoms with E-state index in [1.54, 1.807) is 0 Å². The predicted molar refractivity (Wildman–Crippen MR) is 48.3 cm³/mol. The Labute approximate surface area is 81.2 Å². The van der Waals surface area contributed by atoms with E-state index in [1.807, 2.05) is 0 Å². The molecule has 7 nitrogen and oxygen atoms in total. The van der Waals surface area contributed by atoms with Crippen LogP contribution in [0.15, 0.2) is 5.10 Å². The number of hydrazone groups is 1. The van der Waals surface area contributed by atoms with Crippen molar-refractivity contribution in [2.24, 2.45) is 5.10 Å². The molecule has 0 aromatic rings. The first-order valence-electron chi connectivity index (χ1n) is 2.99. The lowest BCUT2D eigenvalue weighted by molar-refractivity contribution is -0.135. The van der Waals surface area contributed by atoms with Crippen molar-refractivity contribution in [3.8, 4) is 0 Å². The predicted octanol–water partition coefficient (Wildman–Crippen LogP) is -0.562. The zero-order valence-electron chi connectivity index (χ0n) is 6.32. The molecule has 0 aliphatic carbocycles. The van der Waals surface area contributed by atoms with Crippen molar-refractivity contribution >= 4 is 38.0 Å².